The van der Waals surface area contributed by atoms with Crippen molar-refractivity contribution in [2.45, 2.75) is 104 Å². The highest BCUT2D eigenvalue weighted by atomic mass is 16.2. The zero-order chi connectivity index (χ0) is 29.4. The Kier molecular flexibility index (Phi) is 10.9. The molecular formula is C34H45N3O4. The van der Waals surface area contributed by atoms with Crippen molar-refractivity contribution in [1.82, 2.24) is 14.7 Å². The van der Waals surface area contributed by atoms with Gasteiger partial charge in [0, 0.05) is 6.04 Å². The van der Waals surface area contributed by atoms with E-state index >= 15 is 0 Å². The third-order valence-corrected chi connectivity index (χ3v) is 8.44. The third kappa shape index (κ3) is 6.45. The Hall–Kier alpha value is -3.32. The second-order valence-corrected chi connectivity index (χ2v) is 11.3. The maximum atomic E-state index is 13.9. The molecule has 2 aliphatic heterocycles. The van der Waals surface area contributed by atoms with Gasteiger partial charge in [-0.2, -0.15) is 0 Å². The maximum absolute atomic E-state index is 13.9. The van der Waals surface area contributed by atoms with Crippen LogP contribution in [0.15, 0.2) is 48.5 Å². The van der Waals surface area contributed by atoms with Crippen LogP contribution in [0, 0.1) is 0 Å². The molecule has 0 fully saturated rings. The van der Waals surface area contributed by atoms with Crippen molar-refractivity contribution in [2.24, 2.45) is 0 Å². The summed E-state index contributed by atoms with van der Waals surface area (Å²) in [6.45, 7) is 8.08. The largest absolute Gasteiger partial charge is 0.296 e. The van der Waals surface area contributed by atoms with Gasteiger partial charge in [-0.15, -0.1) is 0 Å². The van der Waals surface area contributed by atoms with Gasteiger partial charge < -0.3 is 0 Å². The average molecular weight is 560 g/mol. The predicted molar refractivity (Wildman–Crippen MR) is 161 cm³/mol. The molecule has 1 atom stereocenters. The van der Waals surface area contributed by atoms with E-state index < -0.39 is 29.8 Å². The van der Waals surface area contributed by atoms with Gasteiger partial charge in [-0.1, -0.05) is 96.4 Å². The molecule has 7 heteroatoms. The molecule has 2 aromatic rings. The highest BCUT2D eigenvalue weighted by Gasteiger charge is 2.52. The fraction of sp³-hybridized carbons (Fsp3) is 0.529. The van der Waals surface area contributed by atoms with Crippen LogP contribution in [0.1, 0.15) is 133 Å². The Bertz CT molecular complexity index is 1080. The number of amides is 4. The van der Waals surface area contributed by atoms with Crippen LogP contribution in [-0.4, -0.2) is 63.6 Å². The zero-order valence-electron chi connectivity index (χ0n) is 24.9. The van der Waals surface area contributed by atoms with Crippen LogP contribution in [0.4, 0.5) is 0 Å². The molecule has 2 aromatic carbocycles. The molecule has 0 bridgehead atoms. The fourth-order valence-corrected chi connectivity index (χ4v) is 6.22. The van der Waals surface area contributed by atoms with E-state index in [9.17, 15) is 19.2 Å². The smallest absolute Gasteiger partial charge is 0.263 e. The number of fused-ring (bicyclic) bond motifs is 2. The van der Waals surface area contributed by atoms with Crippen molar-refractivity contribution in [3.63, 3.8) is 0 Å². The van der Waals surface area contributed by atoms with Crippen molar-refractivity contribution in [1.29, 1.82) is 0 Å². The standard InChI is InChI=1S/C34H45N3O4/c1-4-7-10-16-23-35(24-17-11-8-5-2)29(22-9-6-3)30(36-31(38)25-18-12-13-19-26(25)32(36)39)37-33(40)27-20-14-15-21-28(27)34(37)41/h12-15,18-21,29-30H,4-11,16-17,22-24H2,1-3H3. The number of rotatable bonds is 17. The maximum Gasteiger partial charge on any atom is 0.263 e. The van der Waals surface area contributed by atoms with Crippen LogP contribution < -0.4 is 0 Å². The van der Waals surface area contributed by atoms with Crippen molar-refractivity contribution in [3.05, 3.63) is 70.8 Å². The van der Waals surface area contributed by atoms with Crippen molar-refractivity contribution in [2.75, 3.05) is 13.1 Å². The van der Waals surface area contributed by atoms with Crippen LogP contribution in [0.3, 0.4) is 0 Å². The Labute approximate surface area is 244 Å². The number of imide groups is 2. The van der Waals surface area contributed by atoms with Gasteiger partial charge in [0.25, 0.3) is 23.6 Å². The summed E-state index contributed by atoms with van der Waals surface area (Å²) >= 11 is 0. The molecular weight excluding hydrogens is 514 g/mol. The summed E-state index contributed by atoms with van der Waals surface area (Å²) in [4.78, 5) is 60.5. The molecule has 41 heavy (non-hydrogen) atoms. The van der Waals surface area contributed by atoms with E-state index in [1.165, 1.54) is 9.80 Å². The zero-order valence-corrected chi connectivity index (χ0v) is 24.9. The Morgan fingerprint density at radius 1 is 0.537 bits per heavy atom. The molecule has 0 aromatic heterocycles. The van der Waals surface area contributed by atoms with E-state index in [1.54, 1.807) is 48.5 Å². The number of hydrogen-bond donors (Lipinski definition) is 0. The quantitative estimate of drug-likeness (QED) is 0.155. The summed E-state index contributed by atoms with van der Waals surface area (Å²) < 4.78 is 0. The summed E-state index contributed by atoms with van der Waals surface area (Å²) in [5, 5.41) is 0. The van der Waals surface area contributed by atoms with Gasteiger partial charge in [0.1, 0.15) is 6.17 Å². The minimum atomic E-state index is -1.03. The van der Waals surface area contributed by atoms with E-state index in [4.69, 9.17) is 0 Å². The van der Waals surface area contributed by atoms with Crippen LogP contribution in [-0.2, 0) is 0 Å². The van der Waals surface area contributed by atoms with E-state index in [0.717, 1.165) is 77.3 Å². The summed E-state index contributed by atoms with van der Waals surface area (Å²) in [5.74, 6) is -1.76. The molecule has 0 N–H and O–H groups in total. The van der Waals surface area contributed by atoms with Gasteiger partial charge >= 0.3 is 0 Å². The van der Waals surface area contributed by atoms with Crippen LogP contribution in [0.2, 0.25) is 0 Å². The number of benzene rings is 2. The molecule has 0 saturated carbocycles. The first-order valence-corrected chi connectivity index (χ1v) is 15.6. The minimum Gasteiger partial charge on any atom is -0.296 e. The SMILES string of the molecule is CCCCCCN(CCCCCC)C(CCCC)C(N1C(=O)c2ccccc2C1=O)N1C(=O)c2ccccc2C1=O. The lowest BCUT2D eigenvalue weighted by molar-refractivity contribution is -0.000759. The average Bonchev–Trinajstić information content (AvgIpc) is 3.39. The van der Waals surface area contributed by atoms with E-state index in [2.05, 4.69) is 25.7 Å². The molecule has 4 amide bonds. The highest BCUT2D eigenvalue weighted by molar-refractivity contribution is 6.24. The topological polar surface area (TPSA) is 78.0 Å². The van der Waals surface area contributed by atoms with Gasteiger partial charge in [-0.3, -0.25) is 33.9 Å². The van der Waals surface area contributed by atoms with Crippen LogP contribution in [0.25, 0.3) is 0 Å². The van der Waals surface area contributed by atoms with Gasteiger partial charge in [-0.05, 0) is 56.6 Å². The number of unbranched alkanes of at least 4 members (excludes halogenated alkanes) is 7. The molecule has 0 saturated heterocycles. The third-order valence-electron chi connectivity index (χ3n) is 8.44. The summed E-state index contributed by atoms with van der Waals surface area (Å²) in [5.41, 5.74) is 1.30. The van der Waals surface area contributed by atoms with Gasteiger partial charge in [0.2, 0.25) is 0 Å². The molecule has 1 unspecified atom stereocenters. The first kappa shape index (κ1) is 30.6. The molecule has 2 heterocycles. The summed E-state index contributed by atoms with van der Waals surface area (Å²) in [6.07, 6.45) is 10.1. The summed E-state index contributed by atoms with van der Waals surface area (Å²) in [7, 11) is 0. The van der Waals surface area contributed by atoms with Crippen LogP contribution in [0.5, 0.6) is 0 Å². The second-order valence-electron chi connectivity index (χ2n) is 11.3. The minimum absolute atomic E-state index is 0.325. The van der Waals surface area contributed by atoms with E-state index in [1.807, 2.05) is 0 Å². The number of carbonyl (C=O) groups is 4. The second kappa shape index (κ2) is 14.5. The Morgan fingerprint density at radius 2 is 0.902 bits per heavy atom. The van der Waals surface area contributed by atoms with Crippen molar-refractivity contribution < 1.29 is 19.2 Å². The monoisotopic (exact) mass is 559 g/mol. The lowest BCUT2D eigenvalue weighted by atomic mass is 10.0. The fourth-order valence-electron chi connectivity index (χ4n) is 6.22. The molecule has 0 spiro atoms. The van der Waals surface area contributed by atoms with Crippen molar-refractivity contribution >= 4 is 23.6 Å². The first-order valence-electron chi connectivity index (χ1n) is 15.6. The highest BCUT2D eigenvalue weighted by Crippen LogP contribution is 2.35. The molecule has 4 rings (SSSR count). The summed E-state index contributed by atoms with van der Waals surface area (Å²) in [6, 6.07) is 13.2. The van der Waals surface area contributed by atoms with Crippen LogP contribution >= 0.6 is 0 Å². The van der Waals surface area contributed by atoms with Gasteiger partial charge in [0.15, 0.2) is 0 Å². The van der Waals surface area contributed by atoms with E-state index in [-0.39, 0.29) is 6.04 Å². The molecule has 7 nitrogen and oxygen atoms in total. The molecule has 220 valence electrons. The molecule has 2 aliphatic rings. The first-order chi connectivity index (χ1) is 20.0. The lowest BCUT2D eigenvalue weighted by Crippen LogP contribution is -2.63. The number of hydrogen-bond acceptors (Lipinski definition) is 5. The predicted octanol–water partition coefficient (Wildman–Crippen LogP) is 6.93. The van der Waals surface area contributed by atoms with E-state index in [0.29, 0.717) is 28.7 Å². The Balaban J connectivity index is 1.79. The molecule has 0 radical (unpaired) electrons. The van der Waals surface area contributed by atoms with Crippen molar-refractivity contribution in [3.8, 4) is 0 Å². The number of nitrogens with zero attached hydrogens (tertiary/aromatic N) is 3. The van der Waals surface area contributed by atoms with Gasteiger partial charge in [-0.25, -0.2) is 0 Å². The normalized spacial score (nSPS) is 15.4. The lowest BCUT2D eigenvalue weighted by Gasteiger charge is -2.43. The van der Waals surface area contributed by atoms with Gasteiger partial charge in [0.05, 0.1) is 22.3 Å². The molecule has 0 aliphatic carbocycles. The number of carbonyl (C=O) groups excluding carboxylic acids is 4. The Morgan fingerprint density at radius 3 is 1.24 bits per heavy atom.